The summed E-state index contributed by atoms with van der Waals surface area (Å²) in [5.74, 6) is 3.90. The predicted molar refractivity (Wildman–Crippen MR) is 94.6 cm³/mol. The van der Waals surface area contributed by atoms with Gasteiger partial charge in [-0.15, -0.1) is 0 Å². The van der Waals surface area contributed by atoms with Gasteiger partial charge in [-0.2, -0.15) is 0 Å². The summed E-state index contributed by atoms with van der Waals surface area (Å²) in [6.45, 7) is 0. The highest BCUT2D eigenvalue weighted by molar-refractivity contribution is 7.91. The Morgan fingerprint density at radius 2 is 1.50 bits per heavy atom. The first-order valence-electron chi connectivity index (χ1n) is 7.05. The van der Waals surface area contributed by atoms with Crippen molar-refractivity contribution in [3.05, 3.63) is 64.1 Å². The van der Waals surface area contributed by atoms with Crippen molar-refractivity contribution in [1.29, 1.82) is 0 Å². The lowest BCUT2D eigenvalue weighted by atomic mass is 9.97. The van der Waals surface area contributed by atoms with Gasteiger partial charge < -0.3 is 0 Å². The summed E-state index contributed by atoms with van der Waals surface area (Å²) in [5, 5.41) is 0.979. The average Bonchev–Trinajstić information content (AvgIpc) is 2.55. The predicted octanol–water partition coefficient (Wildman–Crippen LogP) is 2.93. The molecule has 0 spiro atoms. The second kappa shape index (κ2) is 7.98. The summed E-state index contributed by atoms with van der Waals surface area (Å²) >= 11 is 11.7. The van der Waals surface area contributed by atoms with E-state index in [9.17, 15) is 13.2 Å². The summed E-state index contributed by atoms with van der Waals surface area (Å²) in [4.78, 5) is 11.8. The molecule has 1 unspecified atom stereocenters. The topological polar surface area (TPSA) is 89.3 Å². The van der Waals surface area contributed by atoms with Crippen LogP contribution in [0.5, 0.6) is 0 Å². The first-order chi connectivity index (χ1) is 11.3. The van der Waals surface area contributed by atoms with Crippen molar-refractivity contribution in [3.63, 3.8) is 0 Å². The van der Waals surface area contributed by atoms with Crippen molar-refractivity contribution < 1.29 is 13.2 Å². The Labute approximate surface area is 150 Å². The molecule has 0 saturated carbocycles. The number of rotatable bonds is 6. The second-order valence-corrected chi connectivity index (χ2v) is 8.16. The first kappa shape index (κ1) is 18.7. The molecule has 0 heterocycles. The van der Waals surface area contributed by atoms with E-state index in [-0.39, 0.29) is 17.1 Å². The van der Waals surface area contributed by atoms with Gasteiger partial charge in [-0.05, 0) is 42.0 Å². The molecule has 1 atom stereocenters. The molecule has 0 radical (unpaired) electrons. The molecule has 0 aliphatic carbocycles. The van der Waals surface area contributed by atoms with Gasteiger partial charge in [0.15, 0.2) is 9.84 Å². The van der Waals surface area contributed by atoms with Crippen molar-refractivity contribution in [1.82, 2.24) is 5.43 Å². The number of carbonyl (C=O) groups is 1. The smallest absolute Gasteiger partial charge is 0.234 e. The number of sulfone groups is 1. The SMILES string of the molecule is NNC(=O)CC(CS(=O)(=O)c1ccc(Cl)cc1)c1ccc(Cl)cc1. The molecule has 8 heteroatoms. The highest BCUT2D eigenvalue weighted by atomic mass is 35.5. The van der Waals surface area contributed by atoms with Crippen LogP contribution >= 0.6 is 23.2 Å². The number of hydrazine groups is 1. The first-order valence-corrected chi connectivity index (χ1v) is 9.46. The number of benzene rings is 2. The Bertz CT molecular complexity index is 806. The van der Waals surface area contributed by atoms with Crippen molar-refractivity contribution in [2.24, 2.45) is 5.84 Å². The third-order valence-corrected chi connectivity index (χ3v) is 5.86. The zero-order valence-electron chi connectivity index (χ0n) is 12.6. The number of halogens is 2. The van der Waals surface area contributed by atoms with Crippen LogP contribution in [0.1, 0.15) is 17.9 Å². The van der Waals surface area contributed by atoms with E-state index in [0.29, 0.717) is 15.6 Å². The molecular weight excluding hydrogens is 371 g/mol. The van der Waals surface area contributed by atoms with E-state index in [1.165, 1.54) is 24.3 Å². The molecule has 0 bridgehead atoms. The van der Waals surface area contributed by atoms with Crippen LogP contribution in [0.25, 0.3) is 0 Å². The summed E-state index contributed by atoms with van der Waals surface area (Å²) in [7, 11) is -3.60. The molecule has 1 amide bonds. The van der Waals surface area contributed by atoms with Crippen LogP contribution < -0.4 is 11.3 Å². The minimum Gasteiger partial charge on any atom is -0.294 e. The third kappa shape index (κ3) is 4.95. The standard InChI is InChI=1S/C16H16Cl2N2O3S/c17-13-3-1-11(2-4-13)12(9-16(21)20-19)10-24(22,23)15-7-5-14(18)6-8-15/h1-8,12H,9-10,19H2,(H,20,21). The fraction of sp³-hybridized carbons (Fsp3) is 0.188. The van der Waals surface area contributed by atoms with E-state index in [4.69, 9.17) is 29.0 Å². The quantitative estimate of drug-likeness (QED) is 0.453. The summed E-state index contributed by atoms with van der Waals surface area (Å²) < 4.78 is 25.3. The molecule has 2 aromatic carbocycles. The Balaban J connectivity index is 2.31. The minimum atomic E-state index is -3.60. The number of nitrogens with two attached hydrogens (primary N) is 1. The number of hydrogen-bond acceptors (Lipinski definition) is 4. The van der Waals surface area contributed by atoms with Crippen molar-refractivity contribution in [2.75, 3.05) is 5.75 Å². The van der Waals surface area contributed by atoms with Gasteiger partial charge in [-0.1, -0.05) is 35.3 Å². The lowest BCUT2D eigenvalue weighted by molar-refractivity contribution is -0.121. The van der Waals surface area contributed by atoms with Gasteiger partial charge >= 0.3 is 0 Å². The number of nitrogens with one attached hydrogen (secondary N) is 1. The maximum Gasteiger partial charge on any atom is 0.234 e. The van der Waals surface area contributed by atoms with E-state index in [1.807, 2.05) is 5.43 Å². The Hall–Kier alpha value is -1.60. The number of amides is 1. The normalized spacial score (nSPS) is 12.6. The molecule has 24 heavy (non-hydrogen) atoms. The van der Waals surface area contributed by atoms with Gasteiger partial charge in [0.25, 0.3) is 0 Å². The Kier molecular flexibility index (Phi) is 6.23. The third-order valence-electron chi connectivity index (χ3n) is 3.53. The molecule has 2 rings (SSSR count). The van der Waals surface area contributed by atoms with Crippen molar-refractivity contribution in [3.8, 4) is 0 Å². The van der Waals surface area contributed by atoms with E-state index in [2.05, 4.69) is 0 Å². The Morgan fingerprint density at radius 1 is 1.00 bits per heavy atom. The van der Waals surface area contributed by atoms with Crippen LogP contribution in [0.2, 0.25) is 10.0 Å². The largest absolute Gasteiger partial charge is 0.294 e. The number of carbonyl (C=O) groups excluding carboxylic acids is 1. The average molecular weight is 387 g/mol. The lowest BCUT2D eigenvalue weighted by Crippen LogP contribution is -2.32. The molecule has 0 aliphatic rings. The zero-order valence-corrected chi connectivity index (χ0v) is 14.9. The highest BCUT2D eigenvalue weighted by Crippen LogP contribution is 2.26. The van der Waals surface area contributed by atoms with Gasteiger partial charge in [-0.3, -0.25) is 10.2 Å². The van der Waals surface area contributed by atoms with E-state index in [0.717, 1.165) is 0 Å². The van der Waals surface area contributed by atoms with Crippen LogP contribution in [0, 0.1) is 0 Å². The van der Waals surface area contributed by atoms with E-state index < -0.39 is 21.7 Å². The van der Waals surface area contributed by atoms with Crippen LogP contribution in [0.15, 0.2) is 53.4 Å². The Morgan fingerprint density at radius 3 is 2.00 bits per heavy atom. The molecule has 0 saturated heterocycles. The van der Waals surface area contributed by atoms with Gasteiger partial charge in [0.05, 0.1) is 10.6 Å². The van der Waals surface area contributed by atoms with E-state index >= 15 is 0 Å². The molecule has 5 nitrogen and oxygen atoms in total. The highest BCUT2D eigenvalue weighted by Gasteiger charge is 2.24. The van der Waals surface area contributed by atoms with Crippen LogP contribution in [0.3, 0.4) is 0 Å². The summed E-state index contributed by atoms with van der Waals surface area (Å²) in [5.41, 5.74) is 2.73. The maximum atomic E-state index is 12.6. The molecule has 0 fully saturated rings. The fourth-order valence-corrected chi connectivity index (χ4v) is 4.13. The number of hydrogen-bond donors (Lipinski definition) is 2. The lowest BCUT2D eigenvalue weighted by Gasteiger charge is -2.17. The molecular formula is C16H16Cl2N2O3S. The van der Waals surface area contributed by atoms with Crippen LogP contribution in [-0.2, 0) is 14.6 Å². The van der Waals surface area contributed by atoms with E-state index in [1.54, 1.807) is 24.3 Å². The zero-order chi connectivity index (χ0) is 17.7. The fourth-order valence-electron chi connectivity index (χ4n) is 2.29. The van der Waals surface area contributed by atoms with Gasteiger partial charge in [0.1, 0.15) is 0 Å². The molecule has 0 aliphatic heterocycles. The minimum absolute atomic E-state index is 0.0506. The second-order valence-electron chi connectivity index (χ2n) is 5.26. The van der Waals surface area contributed by atoms with Crippen LogP contribution in [0.4, 0.5) is 0 Å². The van der Waals surface area contributed by atoms with Crippen molar-refractivity contribution >= 4 is 38.9 Å². The molecule has 128 valence electrons. The summed E-state index contributed by atoms with van der Waals surface area (Å²) in [6, 6.07) is 12.6. The van der Waals surface area contributed by atoms with Gasteiger partial charge in [-0.25, -0.2) is 14.3 Å². The molecule has 2 aromatic rings. The maximum absolute atomic E-state index is 12.6. The molecule has 0 aromatic heterocycles. The summed E-state index contributed by atoms with van der Waals surface area (Å²) in [6.07, 6.45) is -0.0506. The van der Waals surface area contributed by atoms with Crippen LogP contribution in [-0.4, -0.2) is 20.1 Å². The van der Waals surface area contributed by atoms with Crippen molar-refractivity contribution in [2.45, 2.75) is 17.2 Å². The monoisotopic (exact) mass is 386 g/mol. The van der Waals surface area contributed by atoms with Gasteiger partial charge in [0, 0.05) is 22.4 Å². The van der Waals surface area contributed by atoms with Gasteiger partial charge in [0.2, 0.25) is 5.91 Å². The molecule has 3 N–H and O–H groups in total.